The van der Waals surface area contributed by atoms with Gasteiger partial charge in [-0.15, -0.1) is 0 Å². The van der Waals surface area contributed by atoms with Gasteiger partial charge in [-0.3, -0.25) is 4.79 Å². The minimum atomic E-state index is 0.150. The van der Waals surface area contributed by atoms with E-state index in [9.17, 15) is 4.79 Å². The predicted molar refractivity (Wildman–Crippen MR) is 44.2 cm³/mol. The maximum Gasteiger partial charge on any atom is 0.224 e. The molecule has 0 radical (unpaired) electrons. The van der Waals surface area contributed by atoms with E-state index in [0.717, 1.165) is 19.6 Å². The topological polar surface area (TPSA) is 41.1 Å². The summed E-state index contributed by atoms with van der Waals surface area (Å²) < 4.78 is 0. The monoisotopic (exact) mass is 156 g/mol. The first kappa shape index (κ1) is 8.53. The lowest BCUT2D eigenvalue weighted by Gasteiger charge is -2.16. The van der Waals surface area contributed by atoms with Crippen molar-refractivity contribution in [2.45, 2.75) is 13.8 Å². The lowest BCUT2D eigenvalue weighted by Crippen LogP contribution is -2.34. The largest absolute Gasteiger partial charge is 0.355 e. The summed E-state index contributed by atoms with van der Waals surface area (Å²) in [5.74, 6) is 0.781. The predicted octanol–water partition coefficient (Wildman–Crippen LogP) is -0.0220. The van der Waals surface area contributed by atoms with E-state index in [0.29, 0.717) is 5.92 Å². The summed E-state index contributed by atoms with van der Waals surface area (Å²) in [6.07, 6.45) is 0. The molecule has 64 valence electrons. The highest BCUT2D eigenvalue weighted by atomic mass is 16.1. The van der Waals surface area contributed by atoms with Gasteiger partial charge in [0.2, 0.25) is 5.91 Å². The number of amides is 1. The number of carbonyl (C=O) groups excluding carboxylic acids is 1. The van der Waals surface area contributed by atoms with Crippen LogP contribution in [0.3, 0.4) is 0 Å². The van der Waals surface area contributed by atoms with Crippen LogP contribution < -0.4 is 10.6 Å². The van der Waals surface area contributed by atoms with Crippen LogP contribution in [0.5, 0.6) is 0 Å². The second-order valence-corrected chi connectivity index (χ2v) is 3.35. The van der Waals surface area contributed by atoms with Crippen molar-refractivity contribution in [3.63, 3.8) is 0 Å². The second kappa shape index (κ2) is 3.72. The van der Waals surface area contributed by atoms with E-state index in [1.807, 2.05) is 0 Å². The number of hydrogen-bond acceptors (Lipinski definition) is 2. The van der Waals surface area contributed by atoms with E-state index < -0.39 is 0 Å². The third kappa shape index (κ3) is 2.19. The molecule has 0 aliphatic carbocycles. The lowest BCUT2D eigenvalue weighted by molar-refractivity contribution is -0.125. The summed E-state index contributed by atoms with van der Waals surface area (Å²) in [5, 5.41) is 6.10. The second-order valence-electron chi connectivity index (χ2n) is 3.35. The van der Waals surface area contributed by atoms with E-state index >= 15 is 0 Å². The van der Waals surface area contributed by atoms with Crippen LogP contribution in [0.4, 0.5) is 0 Å². The van der Waals surface area contributed by atoms with Crippen LogP contribution in [0.25, 0.3) is 0 Å². The van der Waals surface area contributed by atoms with Crippen molar-refractivity contribution in [1.29, 1.82) is 0 Å². The van der Waals surface area contributed by atoms with Crippen molar-refractivity contribution < 1.29 is 4.79 Å². The minimum Gasteiger partial charge on any atom is -0.355 e. The van der Waals surface area contributed by atoms with Crippen LogP contribution >= 0.6 is 0 Å². The van der Waals surface area contributed by atoms with Gasteiger partial charge in [-0.25, -0.2) is 0 Å². The van der Waals surface area contributed by atoms with Gasteiger partial charge in [-0.05, 0) is 5.92 Å². The molecule has 1 unspecified atom stereocenters. The summed E-state index contributed by atoms with van der Waals surface area (Å²) >= 11 is 0. The Morgan fingerprint density at radius 3 is 2.82 bits per heavy atom. The average Bonchev–Trinajstić information content (AvgIpc) is 2.13. The Bertz CT molecular complexity index is 145. The molecular formula is C8H16N2O. The van der Waals surface area contributed by atoms with Gasteiger partial charge >= 0.3 is 0 Å². The molecule has 1 aliphatic heterocycles. The smallest absolute Gasteiger partial charge is 0.224 e. The van der Waals surface area contributed by atoms with Crippen LogP contribution in [0.1, 0.15) is 13.8 Å². The molecule has 0 bridgehead atoms. The van der Waals surface area contributed by atoms with Crippen LogP contribution in [0.15, 0.2) is 0 Å². The molecule has 1 heterocycles. The minimum absolute atomic E-state index is 0.150. The fourth-order valence-electron chi connectivity index (χ4n) is 1.29. The Kier molecular flexibility index (Phi) is 2.88. The molecule has 0 saturated carbocycles. The van der Waals surface area contributed by atoms with E-state index in [4.69, 9.17) is 0 Å². The molecule has 1 amide bonds. The number of nitrogens with one attached hydrogen (secondary N) is 2. The molecule has 0 aromatic carbocycles. The van der Waals surface area contributed by atoms with Gasteiger partial charge in [0.15, 0.2) is 0 Å². The Morgan fingerprint density at radius 2 is 2.18 bits per heavy atom. The lowest BCUT2D eigenvalue weighted by atomic mass is 9.95. The molecule has 1 rings (SSSR count). The Labute approximate surface area is 67.5 Å². The maximum absolute atomic E-state index is 11.3. The van der Waals surface area contributed by atoms with Crippen LogP contribution in [0, 0.1) is 11.8 Å². The molecule has 1 saturated heterocycles. The van der Waals surface area contributed by atoms with Gasteiger partial charge in [-0.1, -0.05) is 13.8 Å². The molecule has 0 spiro atoms. The van der Waals surface area contributed by atoms with E-state index in [-0.39, 0.29) is 11.8 Å². The molecule has 1 fully saturated rings. The first-order valence-electron chi connectivity index (χ1n) is 4.20. The Balaban J connectivity index is 2.52. The standard InChI is InChI=1S/C8H16N2O/c1-6(2)7-5-9-3-4-10-8(7)11/h6-7,9H,3-5H2,1-2H3,(H,10,11). The zero-order chi connectivity index (χ0) is 8.27. The number of carbonyl (C=O) groups is 1. The third-order valence-electron chi connectivity index (χ3n) is 2.11. The summed E-state index contributed by atoms with van der Waals surface area (Å²) in [6, 6.07) is 0. The van der Waals surface area contributed by atoms with Crippen molar-refractivity contribution in [3.05, 3.63) is 0 Å². The SMILES string of the molecule is CC(C)C1CNCCNC1=O. The molecule has 11 heavy (non-hydrogen) atoms. The van der Waals surface area contributed by atoms with Crippen molar-refractivity contribution in [3.8, 4) is 0 Å². The molecule has 0 aromatic heterocycles. The molecule has 3 nitrogen and oxygen atoms in total. The van der Waals surface area contributed by atoms with Crippen molar-refractivity contribution in [2.75, 3.05) is 19.6 Å². The molecule has 3 heteroatoms. The molecule has 1 atom stereocenters. The molecule has 1 aliphatic rings. The number of hydrogen-bond donors (Lipinski definition) is 2. The Morgan fingerprint density at radius 1 is 1.45 bits per heavy atom. The first-order valence-corrected chi connectivity index (χ1v) is 4.20. The first-order chi connectivity index (χ1) is 5.22. The molecular weight excluding hydrogens is 140 g/mol. The highest BCUT2D eigenvalue weighted by Gasteiger charge is 2.22. The summed E-state index contributed by atoms with van der Waals surface area (Å²) in [7, 11) is 0. The van der Waals surface area contributed by atoms with Crippen molar-refractivity contribution in [2.24, 2.45) is 11.8 Å². The highest BCUT2D eigenvalue weighted by Crippen LogP contribution is 2.10. The summed E-state index contributed by atoms with van der Waals surface area (Å²) in [6.45, 7) is 6.65. The van der Waals surface area contributed by atoms with Gasteiger partial charge in [0, 0.05) is 19.6 Å². The van der Waals surface area contributed by atoms with E-state index in [2.05, 4.69) is 24.5 Å². The summed E-state index contributed by atoms with van der Waals surface area (Å²) in [5.41, 5.74) is 0. The van der Waals surface area contributed by atoms with Crippen LogP contribution in [-0.4, -0.2) is 25.5 Å². The zero-order valence-electron chi connectivity index (χ0n) is 7.18. The average molecular weight is 156 g/mol. The fraction of sp³-hybridized carbons (Fsp3) is 0.875. The van der Waals surface area contributed by atoms with Gasteiger partial charge in [-0.2, -0.15) is 0 Å². The third-order valence-corrected chi connectivity index (χ3v) is 2.11. The maximum atomic E-state index is 11.3. The van der Waals surface area contributed by atoms with Gasteiger partial charge in [0.05, 0.1) is 5.92 Å². The summed E-state index contributed by atoms with van der Waals surface area (Å²) in [4.78, 5) is 11.3. The van der Waals surface area contributed by atoms with Crippen molar-refractivity contribution >= 4 is 5.91 Å². The van der Waals surface area contributed by atoms with Crippen molar-refractivity contribution in [1.82, 2.24) is 10.6 Å². The van der Waals surface area contributed by atoms with Crippen LogP contribution in [-0.2, 0) is 4.79 Å². The molecule has 0 aromatic rings. The quantitative estimate of drug-likeness (QED) is 0.560. The van der Waals surface area contributed by atoms with Gasteiger partial charge in [0.25, 0.3) is 0 Å². The Hall–Kier alpha value is -0.570. The van der Waals surface area contributed by atoms with E-state index in [1.54, 1.807) is 0 Å². The highest BCUT2D eigenvalue weighted by molar-refractivity contribution is 5.79. The number of rotatable bonds is 1. The zero-order valence-corrected chi connectivity index (χ0v) is 7.18. The van der Waals surface area contributed by atoms with Gasteiger partial charge in [0.1, 0.15) is 0 Å². The van der Waals surface area contributed by atoms with Gasteiger partial charge < -0.3 is 10.6 Å². The molecule has 2 N–H and O–H groups in total. The fourth-order valence-corrected chi connectivity index (χ4v) is 1.29. The van der Waals surface area contributed by atoms with E-state index in [1.165, 1.54) is 0 Å². The van der Waals surface area contributed by atoms with Crippen LogP contribution in [0.2, 0.25) is 0 Å². The normalized spacial score (nSPS) is 26.5.